The molecule has 1 N–H and O–H groups in total. The molecule has 0 amide bonds. The van der Waals surface area contributed by atoms with Crippen LogP contribution in [-0.2, 0) is 28.5 Å². The predicted octanol–water partition coefficient (Wildman–Crippen LogP) is 3.92. The van der Waals surface area contributed by atoms with Crippen molar-refractivity contribution in [3.05, 3.63) is 60.3 Å². The Morgan fingerprint density at radius 2 is 1.73 bits per heavy atom. The van der Waals surface area contributed by atoms with Crippen molar-refractivity contribution < 1.29 is 33.6 Å². The zero-order valence-electron chi connectivity index (χ0n) is 19.7. The predicted molar refractivity (Wildman–Crippen MR) is 124 cm³/mol. The number of hydrogen-bond donors (Lipinski definition) is 1. The Morgan fingerprint density at radius 3 is 2.30 bits per heavy atom. The number of aliphatic carboxylic acids is 1. The second kappa shape index (κ2) is 10.6. The molecule has 0 aromatic carbocycles. The van der Waals surface area contributed by atoms with Crippen LogP contribution in [0, 0.1) is 5.92 Å². The van der Waals surface area contributed by atoms with E-state index in [4.69, 9.17) is 24.1 Å². The summed E-state index contributed by atoms with van der Waals surface area (Å²) in [5.74, 6) is -1.45. The number of hydrogen-bond acceptors (Lipinski definition) is 6. The highest BCUT2D eigenvalue weighted by molar-refractivity contribution is 5.82. The van der Waals surface area contributed by atoms with Crippen LogP contribution in [0.2, 0.25) is 0 Å². The van der Waals surface area contributed by atoms with Crippen molar-refractivity contribution in [1.29, 1.82) is 0 Å². The summed E-state index contributed by atoms with van der Waals surface area (Å²) in [7, 11) is 1.65. The van der Waals surface area contributed by atoms with Gasteiger partial charge in [-0.1, -0.05) is 48.1 Å². The van der Waals surface area contributed by atoms with Gasteiger partial charge in [-0.25, -0.2) is 9.59 Å². The molecule has 3 fully saturated rings. The first kappa shape index (κ1) is 25.1. The van der Waals surface area contributed by atoms with Crippen molar-refractivity contribution in [2.24, 2.45) is 5.92 Å². The molecule has 2 saturated heterocycles. The Labute approximate surface area is 195 Å². The molecule has 6 atom stereocenters. The summed E-state index contributed by atoms with van der Waals surface area (Å²) in [5, 5.41) is 8.51. The third kappa shape index (κ3) is 6.31. The second-order valence-electron chi connectivity index (χ2n) is 9.18. The maximum atomic E-state index is 12.4. The molecule has 2 aliphatic heterocycles. The smallest absolute Gasteiger partial charge is 0.331 e. The lowest BCUT2D eigenvalue weighted by atomic mass is 9.68. The standard InChI is InChI=1S/C26H34O7/c1-18(2)13-14-20-25(3,33-20)24-23(30-4)19(15-16-26(24)17-31-26)32-22(29)12-10-8-6-5-7-9-11-21(27)28/h5-13,19-20,23-24H,14-17H2,1-4H3,(H,27,28)/t19-,20?,23-,24-,25+,26+/m1/s1. The lowest BCUT2D eigenvalue weighted by molar-refractivity contribution is -0.166. The minimum Gasteiger partial charge on any atom is -0.478 e. The average molecular weight is 459 g/mol. The lowest BCUT2D eigenvalue weighted by Gasteiger charge is -2.42. The first-order valence-electron chi connectivity index (χ1n) is 11.3. The zero-order chi connectivity index (χ0) is 24.1. The Kier molecular flexibility index (Phi) is 8.10. The fourth-order valence-electron chi connectivity index (χ4n) is 4.79. The zero-order valence-corrected chi connectivity index (χ0v) is 19.7. The van der Waals surface area contributed by atoms with E-state index in [2.05, 4.69) is 26.8 Å². The number of epoxide rings is 2. The van der Waals surface area contributed by atoms with Gasteiger partial charge in [-0.15, -0.1) is 0 Å². The van der Waals surface area contributed by atoms with Crippen molar-refractivity contribution >= 4 is 11.9 Å². The van der Waals surface area contributed by atoms with Crippen LogP contribution < -0.4 is 0 Å². The fraction of sp³-hybridized carbons (Fsp3) is 0.538. The summed E-state index contributed by atoms with van der Waals surface area (Å²) in [6.45, 7) is 6.96. The number of carboxylic acid groups (broad SMARTS) is 1. The van der Waals surface area contributed by atoms with Gasteiger partial charge in [0.1, 0.15) is 23.4 Å². The van der Waals surface area contributed by atoms with Gasteiger partial charge in [0.15, 0.2) is 0 Å². The van der Waals surface area contributed by atoms with E-state index in [1.807, 2.05) is 0 Å². The maximum absolute atomic E-state index is 12.4. The Balaban J connectivity index is 1.59. The first-order valence-corrected chi connectivity index (χ1v) is 11.3. The highest BCUT2D eigenvalue weighted by Gasteiger charge is 2.72. The van der Waals surface area contributed by atoms with Gasteiger partial charge in [-0.3, -0.25) is 0 Å². The normalized spacial score (nSPS) is 35.6. The molecule has 7 nitrogen and oxygen atoms in total. The summed E-state index contributed by atoms with van der Waals surface area (Å²) in [6, 6.07) is 0. The summed E-state index contributed by atoms with van der Waals surface area (Å²) < 4.78 is 23.8. The number of allylic oxidation sites excluding steroid dienone is 7. The van der Waals surface area contributed by atoms with Crippen LogP contribution in [0.25, 0.3) is 0 Å². The third-order valence-electron chi connectivity index (χ3n) is 6.53. The molecule has 3 aliphatic rings. The van der Waals surface area contributed by atoms with Gasteiger partial charge in [0.05, 0.1) is 18.6 Å². The SMILES string of the molecule is CO[C@@H]1[C@H](OC(=O)C=CC=CC=CC=CC(=O)O)CC[C@]2(CO2)[C@H]1[C@@]1(C)OC1CC=C(C)C. The quantitative estimate of drug-likeness (QED) is 0.174. The Hall–Kier alpha value is -2.48. The van der Waals surface area contributed by atoms with E-state index in [0.29, 0.717) is 13.0 Å². The largest absolute Gasteiger partial charge is 0.478 e. The van der Waals surface area contributed by atoms with Crippen LogP contribution in [-0.4, -0.2) is 60.3 Å². The van der Waals surface area contributed by atoms with Gasteiger partial charge < -0.3 is 24.1 Å². The monoisotopic (exact) mass is 458 g/mol. The summed E-state index contributed by atoms with van der Waals surface area (Å²) in [4.78, 5) is 22.8. The van der Waals surface area contributed by atoms with Crippen LogP contribution in [0.3, 0.4) is 0 Å². The number of carboxylic acids is 1. The van der Waals surface area contributed by atoms with E-state index in [1.54, 1.807) is 37.5 Å². The number of esters is 1. The van der Waals surface area contributed by atoms with Gasteiger partial charge >= 0.3 is 11.9 Å². The third-order valence-corrected chi connectivity index (χ3v) is 6.53. The van der Waals surface area contributed by atoms with Gasteiger partial charge in [-0.05, 0) is 40.0 Å². The molecule has 2 heterocycles. The van der Waals surface area contributed by atoms with Crippen LogP contribution in [0.1, 0.15) is 40.0 Å². The number of rotatable bonds is 10. The number of carbonyl (C=O) groups excluding carboxylic acids is 1. The highest BCUT2D eigenvalue weighted by atomic mass is 16.6. The van der Waals surface area contributed by atoms with Crippen molar-refractivity contribution in [3.8, 4) is 0 Å². The summed E-state index contributed by atoms with van der Waals surface area (Å²) >= 11 is 0. The van der Waals surface area contributed by atoms with Gasteiger partial charge in [0.25, 0.3) is 0 Å². The molecule has 1 unspecified atom stereocenters. The van der Waals surface area contributed by atoms with Crippen LogP contribution in [0.4, 0.5) is 0 Å². The molecule has 1 spiro atoms. The number of methoxy groups -OCH3 is 1. The molecular weight excluding hydrogens is 424 g/mol. The van der Waals surface area contributed by atoms with Crippen LogP contribution >= 0.6 is 0 Å². The summed E-state index contributed by atoms with van der Waals surface area (Å²) in [6.07, 6.45) is 16.0. The number of carbonyl (C=O) groups is 2. The molecule has 3 rings (SSSR count). The van der Waals surface area contributed by atoms with E-state index in [1.165, 1.54) is 17.7 Å². The van der Waals surface area contributed by atoms with E-state index < -0.39 is 11.9 Å². The van der Waals surface area contributed by atoms with Crippen LogP contribution in [0.5, 0.6) is 0 Å². The van der Waals surface area contributed by atoms with E-state index in [-0.39, 0.29) is 35.4 Å². The molecule has 7 heteroatoms. The molecule has 1 saturated carbocycles. The minimum atomic E-state index is -1.00. The van der Waals surface area contributed by atoms with Crippen molar-refractivity contribution in [2.75, 3.05) is 13.7 Å². The van der Waals surface area contributed by atoms with Gasteiger partial charge in [0.2, 0.25) is 0 Å². The Morgan fingerprint density at radius 1 is 1.09 bits per heavy atom. The topological polar surface area (TPSA) is 97.9 Å². The first-order chi connectivity index (χ1) is 15.7. The molecule has 0 radical (unpaired) electrons. The summed E-state index contributed by atoms with van der Waals surface area (Å²) in [5.41, 5.74) is 0.642. The molecule has 1 aliphatic carbocycles. The fourth-order valence-corrected chi connectivity index (χ4v) is 4.79. The molecule has 180 valence electrons. The lowest BCUT2D eigenvalue weighted by Crippen LogP contribution is -2.55. The molecular formula is C26H34O7. The van der Waals surface area contributed by atoms with Gasteiger partial charge in [-0.2, -0.15) is 0 Å². The molecule has 0 bridgehead atoms. The second-order valence-corrected chi connectivity index (χ2v) is 9.18. The minimum absolute atomic E-state index is 0.00928. The number of ether oxygens (including phenoxy) is 4. The van der Waals surface area contributed by atoms with Crippen molar-refractivity contribution in [2.45, 2.75) is 69.5 Å². The molecule has 0 aromatic heterocycles. The van der Waals surface area contributed by atoms with Gasteiger partial charge in [0, 0.05) is 19.3 Å². The average Bonchev–Trinajstić information content (AvgIpc) is 3.67. The molecule has 0 aromatic rings. The highest BCUT2D eigenvalue weighted by Crippen LogP contribution is 2.59. The Bertz CT molecular complexity index is 873. The van der Waals surface area contributed by atoms with Crippen molar-refractivity contribution in [1.82, 2.24) is 0 Å². The van der Waals surface area contributed by atoms with Crippen LogP contribution in [0.15, 0.2) is 60.3 Å². The van der Waals surface area contributed by atoms with E-state index in [0.717, 1.165) is 18.9 Å². The molecule has 33 heavy (non-hydrogen) atoms. The van der Waals surface area contributed by atoms with E-state index >= 15 is 0 Å². The maximum Gasteiger partial charge on any atom is 0.331 e. The van der Waals surface area contributed by atoms with Crippen molar-refractivity contribution in [3.63, 3.8) is 0 Å². The van der Waals surface area contributed by atoms with E-state index in [9.17, 15) is 9.59 Å².